The van der Waals surface area contributed by atoms with E-state index < -0.39 is 17.6 Å². The Hall–Kier alpha value is -1.10. The highest BCUT2D eigenvalue weighted by Gasteiger charge is 2.34. The summed E-state index contributed by atoms with van der Waals surface area (Å²) in [6.45, 7) is 4.73. The Morgan fingerprint density at radius 1 is 1.22 bits per heavy atom. The van der Waals surface area contributed by atoms with E-state index >= 15 is 0 Å². The zero-order valence-electron chi connectivity index (χ0n) is 10.4. The van der Waals surface area contributed by atoms with Crippen LogP contribution in [0.1, 0.15) is 31.4 Å². The number of alkyl halides is 3. The molecule has 0 atom stereocenters. The van der Waals surface area contributed by atoms with Gasteiger partial charge in [0.05, 0.1) is 5.56 Å². The molecule has 0 amide bonds. The van der Waals surface area contributed by atoms with E-state index in [1.807, 2.05) is 13.8 Å². The Kier molecular flexibility index (Phi) is 5.14. The van der Waals surface area contributed by atoms with Gasteiger partial charge in [-0.1, -0.05) is 19.9 Å². The third kappa shape index (κ3) is 4.64. The van der Waals surface area contributed by atoms with Gasteiger partial charge in [0.2, 0.25) is 0 Å². The number of nitrogens with one attached hydrogen (secondary N) is 1. The number of hydrogen-bond donors (Lipinski definition) is 1. The molecule has 0 saturated carbocycles. The lowest BCUT2D eigenvalue weighted by Gasteiger charge is -2.11. The van der Waals surface area contributed by atoms with Gasteiger partial charge < -0.3 is 5.32 Å². The molecule has 0 fully saturated rings. The van der Waals surface area contributed by atoms with Crippen LogP contribution in [0.15, 0.2) is 18.2 Å². The van der Waals surface area contributed by atoms with Crippen molar-refractivity contribution in [2.45, 2.75) is 38.9 Å². The molecule has 1 nitrogen and oxygen atoms in total. The van der Waals surface area contributed by atoms with Crippen LogP contribution in [0, 0.1) is 5.82 Å². The van der Waals surface area contributed by atoms with Crippen molar-refractivity contribution in [3.8, 4) is 0 Å². The quantitative estimate of drug-likeness (QED) is 0.629. The van der Waals surface area contributed by atoms with Crippen LogP contribution in [0.25, 0.3) is 0 Å². The maximum absolute atomic E-state index is 13.0. The van der Waals surface area contributed by atoms with Crippen LogP contribution in [0.4, 0.5) is 17.6 Å². The summed E-state index contributed by atoms with van der Waals surface area (Å²) in [5, 5.41) is 3.18. The van der Waals surface area contributed by atoms with Crippen LogP contribution in [-0.4, -0.2) is 12.6 Å². The Morgan fingerprint density at radius 3 is 2.44 bits per heavy atom. The number of hydrogen-bond acceptors (Lipinski definition) is 1. The second-order valence-corrected chi connectivity index (χ2v) is 4.52. The minimum absolute atomic E-state index is 0.351. The molecular formula is C13H17F4N. The number of rotatable bonds is 5. The lowest BCUT2D eigenvalue weighted by molar-refractivity contribution is -0.140. The zero-order chi connectivity index (χ0) is 13.8. The molecule has 0 aromatic heterocycles. The average Bonchev–Trinajstić information content (AvgIpc) is 2.24. The lowest BCUT2D eigenvalue weighted by Crippen LogP contribution is -2.23. The average molecular weight is 263 g/mol. The van der Waals surface area contributed by atoms with Gasteiger partial charge in [-0.25, -0.2) is 4.39 Å². The predicted octanol–water partition coefficient (Wildman–Crippen LogP) is 3.78. The topological polar surface area (TPSA) is 12.0 Å². The van der Waals surface area contributed by atoms with Crippen molar-refractivity contribution in [2.75, 3.05) is 6.54 Å². The first-order valence-electron chi connectivity index (χ1n) is 5.89. The summed E-state index contributed by atoms with van der Waals surface area (Å²) in [5.74, 6) is -1.22. The molecule has 0 aliphatic rings. The maximum Gasteiger partial charge on any atom is 0.419 e. The lowest BCUT2D eigenvalue weighted by atomic mass is 10.1. The summed E-state index contributed by atoms with van der Waals surface area (Å²) < 4.78 is 50.4. The third-order valence-electron chi connectivity index (χ3n) is 2.53. The smallest absolute Gasteiger partial charge is 0.315 e. The second-order valence-electron chi connectivity index (χ2n) is 4.52. The molecule has 1 aromatic rings. The van der Waals surface area contributed by atoms with Crippen LogP contribution < -0.4 is 5.32 Å². The molecule has 0 saturated heterocycles. The molecule has 0 aliphatic heterocycles. The van der Waals surface area contributed by atoms with E-state index in [4.69, 9.17) is 0 Å². The fraction of sp³-hybridized carbons (Fsp3) is 0.538. The Bertz CT molecular complexity index is 385. The highest BCUT2D eigenvalue weighted by atomic mass is 19.4. The normalized spacial score (nSPS) is 12.2. The first-order chi connectivity index (χ1) is 8.30. The van der Waals surface area contributed by atoms with Crippen molar-refractivity contribution in [2.24, 2.45) is 0 Å². The van der Waals surface area contributed by atoms with E-state index in [0.29, 0.717) is 18.0 Å². The van der Waals surface area contributed by atoms with E-state index in [-0.39, 0.29) is 0 Å². The van der Waals surface area contributed by atoms with Crippen molar-refractivity contribution >= 4 is 0 Å². The molecule has 0 bridgehead atoms. The molecule has 0 heterocycles. The van der Waals surface area contributed by atoms with Crippen LogP contribution in [0.2, 0.25) is 0 Å². The van der Waals surface area contributed by atoms with Gasteiger partial charge in [-0.15, -0.1) is 0 Å². The summed E-state index contributed by atoms with van der Waals surface area (Å²) in [6, 6.07) is 3.53. The molecule has 1 rings (SSSR count). The van der Waals surface area contributed by atoms with Gasteiger partial charge in [0, 0.05) is 6.04 Å². The summed E-state index contributed by atoms with van der Waals surface area (Å²) >= 11 is 0. The highest BCUT2D eigenvalue weighted by molar-refractivity contribution is 5.27. The SMILES string of the molecule is CC(C)NCCCc1ccc(F)c(C(F)(F)F)c1. The number of halogens is 4. The van der Waals surface area contributed by atoms with Crippen molar-refractivity contribution in [1.82, 2.24) is 5.32 Å². The molecule has 1 N–H and O–H groups in total. The zero-order valence-corrected chi connectivity index (χ0v) is 10.4. The minimum atomic E-state index is -4.63. The van der Waals surface area contributed by atoms with Crippen molar-refractivity contribution in [1.29, 1.82) is 0 Å². The first kappa shape index (κ1) is 15.0. The molecule has 0 unspecified atom stereocenters. The van der Waals surface area contributed by atoms with E-state index in [0.717, 1.165) is 25.1 Å². The predicted molar refractivity (Wildman–Crippen MR) is 62.9 cm³/mol. The molecule has 102 valence electrons. The van der Waals surface area contributed by atoms with Crippen molar-refractivity contribution in [3.05, 3.63) is 35.1 Å². The van der Waals surface area contributed by atoms with Crippen molar-refractivity contribution in [3.63, 3.8) is 0 Å². The molecule has 0 spiro atoms. The summed E-state index contributed by atoms with van der Waals surface area (Å²) in [6.07, 6.45) is -3.40. The van der Waals surface area contributed by atoms with Gasteiger partial charge >= 0.3 is 6.18 Å². The second kappa shape index (κ2) is 6.18. The first-order valence-corrected chi connectivity index (χ1v) is 5.89. The Balaban J connectivity index is 2.63. The highest BCUT2D eigenvalue weighted by Crippen LogP contribution is 2.32. The minimum Gasteiger partial charge on any atom is -0.315 e. The van der Waals surface area contributed by atoms with Crippen molar-refractivity contribution < 1.29 is 17.6 Å². The fourth-order valence-electron chi connectivity index (χ4n) is 1.63. The van der Waals surface area contributed by atoms with Crippen LogP contribution >= 0.6 is 0 Å². The van der Waals surface area contributed by atoms with Crippen LogP contribution in [-0.2, 0) is 12.6 Å². The van der Waals surface area contributed by atoms with E-state index in [1.165, 1.54) is 6.07 Å². The summed E-state index contributed by atoms with van der Waals surface area (Å²) in [4.78, 5) is 0. The van der Waals surface area contributed by atoms with Crippen LogP contribution in [0.3, 0.4) is 0 Å². The standard InChI is InChI=1S/C13H17F4N/c1-9(2)18-7-3-4-10-5-6-12(14)11(8-10)13(15,16)17/h5-6,8-9,18H,3-4,7H2,1-2H3. The monoisotopic (exact) mass is 263 g/mol. The Labute approximate surface area is 104 Å². The van der Waals surface area contributed by atoms with E-state index in [1.54, 1.807) is 0 Å². The van der Waals surface area contributed by atoms with Gasteiger partial charge in [0.25, 0.3) is 0 Å². The molecular weight excluding hydrogens is 246 g/mol. The number of benzene rings is 1. The molecule has 1 aromatic carbocycles. The van der Waals surface area contributed by atoms with Gasteiger partial charge in [-0.3, -0.25) is 0 Å². The fourth-order valence-corrected chi connectivity index (χ4v) is 1.63. The maximum atomic E-state index is 13.0. The van der Waals surface area contributed by atoms with Crippen LogP contribution in [0.5, 0.6) is 0 Å². The van der Waals surface area contributed by atoms with Gasteiger partial charge in [-0.2, -0.15) is 13.2 Å². The van der Waals surface area contributed by atoms with E-state index in [2.05, 4.69) is 5.32 Å². The molecule has 18 heavy (non-hydrogen) atoms. The van der Waals surface area contributed by atoms with Gasteiger partial charge in [0.15, 0.2) is 0 Å². The van der Waals surface area contributed by atoms with Gasteiger partial charge in [0.1, 0.15) is 5.82 Å². The molecule has 0 radical (unpaired) electrons. The summed E-state index contributed by atoms with van der Waals surface area (Å²) in [5.41, 5.74) is -0.675. The largest absolute Gasteiger partial charge is 0.419 e. The molecule has 5 heteroatoms. The molecule has 0 aliphatic carbocycles. The Morgan fingerprint density at radius 2 is 1.89 bits per heavy atom. The van der Waals surface area contributed by atoms with E-state index in [9.17, 15) is 17.6 Å². The summed E-state index contributed by atoms with van der Waals surface area (Å²) in [7, 11) is 0. The third-order valence-corrected chi connectivity index (χ3v) is 2.53. The number of aryl methyl sites for hydroxylation is 1. The van der Waals surface area contributed by atoms with Gasteiger partial charge in [-0.05, 0) is 37.1 Å².